The predicted molar refractivity (Wildman–Crippen MR) is 101 cm³/mol. The van der Waals surface area contributed by atoms with Gasteiger partial charge in [-0.05, 0) is 37.1 Å². The first-order valence-corrected chi connectivity index (χ1v) is 8.92. The van der Waals surface area contributed by atoms with Gasteiger partial charge < -0.3 is 10.1 Å². The van der Waals surface area contributed by atoms with Crippen LogP contribution in [-0.4, -0.2) is 37.0 Å². The summed E-state index contributed by atoms with van der Waals surface area (Å²) in [4.78, 5) is 26.9. The highest BCUT2D eigenvalue weighted by Crippen LogP contribution is 2.22. The van der Waals surface area contributed by atoms with E-state index in [2.05, 4.69) is 22.3 Å². The molecular weight excluding hydrogens is 328 g/mol. The Morgan fingerprint density at radius 1 is 1.12 bits per heavy atom. The van der Waals surface area contributed by atoms with Crippen LogP contribution >= 0.6 is 0 Å². The van der Waals surface area contributed by atoms with Crippen molar-refractivity contribution >= 4 is 17.6 Å². The molecule has 0 bridgehead atoms. The van der Waals surface area contributed by atoms with Crippen LogP contribution in [0.3, 0.4) is 0 Å². The maximum absolute atomic E-state index is 12.7. The fourth-order valence-electron chi connectivity index (χ4n) is 3.37. The lowest BCUT2D eigenvalue weighted by molar-refractivity contribution is -0.121. The molecule has 0 aromatic heterocycles. The Labute approximate surface area is 154 Å². The van der Waals surface area contributed by atoms with Crippen molar-refractivity contribution in [2.45, 2.75) is 19.4 Å². The van der Waals surface area contributed by atoms with Gasteiger partial charge in [-0.2, -0.15) is 0 Å². The number of para-hydroxylation sites is 1. The molecule has 1 heterocycles. The number of esters is 1. The van der Waals surface area contributed by atoms with E-state index in [-0.39, 0.29) is 11.8 Å². The topological polar surface area (TPSA) is 58.6 Å². The van der Waals surface area contributed by atoms with Gasteiger partial charge in [0.1, 0.15) is 0 Å². The highest BCUT2D eigenvalue weighted by molar-refractivity contribution is 6.01. The third kappa shape index (κ3) is 4.49. The van der Waals surface area contributed by atoms with Crippen molar-refractivity contribution in [3.05, 3.63) is 65.7 Å². The molecule has 1 aliphatic rings. The van der Waals surface area contributed by atoms with E-state index in [9.17, 15) is 9.59 Å². The van der Waals surface area contributed by atoms with E-state index in [4.69, 9.17) is 4.74 Å². The van der Waals surface area contributed by atoms with Crippen LogP contribution in [0.2, 0.25) is 0 Å². The first kappa shape index (κ1) is 18.1. The van der Waals surface area contributed by atoms with Crippen molar-refractivity contribution in [1.82, 2.24) is 4.90 Å². The van der Waals surface area contributed by atoms with Crippen LogP contribution < -0.4 is 5.32 Å². The monoisotopic (exact) mass is 352 g/mol. The molecule has 2 aromatic rings. The zero-order chi connectivity index (χ0) is 18.4. The summed E-state index contributed by atoms with van der Waals surface area (Å²) in [7, 11) is 1.34. The fourth-order valence-corrected chi connectivity index (χ4v) is 3.37. The third-order valence-electron chi connectivity index (χ3n) is 4.72. The summed E-state index contributed by atoms with van der Waals surface area (Å²) in [6.07, 6.45) is 1.85. The lowest BCUT2D eigenvalue weighted by atomic mass is 9.96. The van der Waals surface area contributed by atoms with E-state index in [0.717, 1.165) is 32.5 Å². The van der Waals surface area contributed by atoms with E-state index in [1.165, 1.54) is 12.7 Å². The van der Waals surface area contributed by atoms with E-state index < -0.39 is 5.97 Å². The van der Waals surface area contributed by atoms with Gasteiger partial charge in [0.25, 0.3) is 0 Å². The molecule has 0 radical (unpaired) electrons. The summed E-state index contributed by atoms with van der Waals surface area (Å²) in [6.45, 7) is 2.57. The molecule has 1 aliphatic heterocycles. The van der Waals surface area contributed by atoms with Crippen molar-refractivity contribution in [3.8, 4) is 0 Å². The molecule has 1 N–H and O–H groups in total. The van der Waals surface area contributed by atoms with E-state index >= 15 is 0 Å². The number of benzene rings is 2. The van der Waals surface area contributed by atoms with Gasteiger partial charge in [0.2, 0.25) is 5.91 Å². The Morgan fingerprint density at radius 2 is 1.85 bits per heavy atom. The molecule has 26 heavy (non-hydrogen) atoms. The maximum atomic E-state index is 12.7. The molecule has 1 fully saturated rings. The largest absolute Gasteiger partial charge is 0.465 e. The highest BCUT2D eigenvalue weighted by Gasteiger charge is 2.26. The Morgan fingerprint density at radius 3 is 2.62 bits per heavy atom. The zero-order valence-corrected chi connectivity index (χ0v) is 15.0. The predicted octanol–water partition coefficient (Wildman–Crippen LogP) is 3.32. The van der Waals surface area contributed by atoms with Crippen molar-refractivity contribution in [2.75, 3.05) is 25.5 Å². The van der Waals surface area contributed by atoms with Gasteiger partial charge in [0.05, 0.1) is 24.3 Å². The Hall–Kier alpha value is -2.66. The van der Waals surface area contributed by atoms with Crippen LogP contribution in [0.4, 0.5) is 5.69 Å². The van der Waals surface area contributed by atoms with Gasteiger partial charge >= 0.3 is 5.97 Å². The number of nitrogens with zero attached hydrogens (tertiary/aromatic N) is 1. The van der Waals surface area contributed by atoms with Crippen LogP contribution in [0.15, 0.2) is 54.6 Å². The summed E-state index contributed by atoms with van der Waals surface area (Å²) >= 11 is 0. The minimum atomic E-state index is -0.449. The standard InChI is InChI=1S/C21H24N2O3/c1-26-21(25)18-11-5-6-12-19(18)22-20(24)17-10-7-13-23(15-17)14-16-8-3-2-4-9-16/h2-6,8-9,11-12,17H,7,10,13-15H2,1H3,(H,22,24)/t17-/m1/s1. The van der Waals surface area contributed by atoms with Gasteiger partial charge in [0, 0.05) is 13.1 Å². The second-order valence-electron chi connectivity index (χ2n) is 6.59. The summed E-state index contributed by atoms with van der Waals surface area (Å²) in [6, 6.07) is 17.2. The first-order valence-electron chi connectivity index (χ1n) is 8.92. The number of ether oxygens (including phenoxy) is 1. The van der Waals surface area contributed by atoms with Gasteiger partial charge in [-0.3, -0.25) is 9.69 Å². The number of methoxy groups -OCH3 is 1. The minimum Gasteiger partial charge on any atom is -0.465 e. The second kappa shape index (κ2) is 8.63. The Bertz CT molecular complexity index is 761. The molecule has 2 aromatic carbocycles. The van der Waals surface area contributed by atoms with Crippen LogP contribution in [-0.2, 0) is 16.1 Å². The number of piperidine rings is 1. The Balaban J connectivity index is 1.64. The molecule has 5 heteroatoms. The second-order valence-corrected chi connectivity index (χ2v) is 6.59. The molecular formula is C21H24N2O3. The Kier molecular flexibility index (Phi) is 6.02. The number of likely N-dealkylation sites (tertiary alicyclic amines) is 1. The summed E-state index contributed by atoms with van der Waals surface area (Å²) in [5, 5.41) is 2.91. The van der Waals surface area contributed by atoms with Crippen LogP contribution in [0.1, 0.15) is 28.8 Å². The molecule has 1 saturated heterocycles. The maximum Gasteiger partial charge on any atom is 0.339 e. The smallest absolute Gasteiger partial charge is 0.339 e. The van der Waals surface area contributed by atoms with E-state index in [1.54, 1.807) is 24.3 Å². The molecule has 1 atom stereocenters. The van der Waals surface area contributed by atoms with Gasteiger partial charge in [0.15, 0.2) is 0 Å². The average molecular weight is 352 g/mol. The van der Waals surface area contributed by atoms with Crippen LogP contribution in [0.5, 0.6) is 0 Å². The van der Waals surface area contributed by atoms with E-state index in [0.29, 0.717) is 11.3 Å². The lowest BCUT2D eigenvalue weighted by Gasteiger charge is -2.32. The molecule has 136 valence electrons. The minimum absolute atomic E-state index is 0.0425. The number of hydrogen-bond donors (Lipinski definition) is 1. The number of nitrogens with one attached hydrogen (secondary N) is 1. The lowest BCUT2D eigenvalue weighted by Crippen LogP contribution is -2.40. The normalized spacial score (nSPS) is 17.5. The van der Waals surface area contributed by atoms with Crippen LogP contribution in [0.25, 0.3) is 0 Å². The highest BCUT2D eigenvalue weighted by atomic mass is 16.5. The van der Waals surface area contributed by atoms with Crippen molar-refractivity contribution in [2.24, 2.45) is 5.92 Å². The zero-order valence-electron chi connectivity index (χ0n) is 15.0. The summed E-state index contributed by atoms with van der Waals surface area (Å²) in [5.74, 6) is -0.576. The summed E-state index contributed by atoms with van der Waals surface area (Å²) in [5.41, 5.74) is 2.13. The average Bonchev–Trinajstić information content (AvgIpc) is 2.69. The van der Waals surface area contributed by atoms with Crippen LogP contribution in [0, 0.1) is 5.92 Å². The van der Waals surface area contributed by atoms with Crippen molar-refractivity contribution < 1.29 is 14.3 Å². The van der Waals surface area contributed by atoms with Gasteiger partial charge in [-0.1, -0.05) is 42.5 Å². The van der Waals surface area contributed by atoms with Crippen molar-refractivity contribution in [3.63, 3.8) is 0 Å². The molecule has 0 saturated carbocycles. The number of amides is 1. The number of rotatable bonds is 5. The fraction of sp³-hybridized carbons (Fsp3) is 0.333. The molecule has 0 spiro atoms. The number of hydrogen-bond acceptors (Lipinski definition) is 4. The number of carbonyl (C=O) groups excluding carboxylic acids is 2. The van der Waals surface area contributed by atoms with Gasteiger partial charge in [-0.15, -0.1) is 0 Å². The quantitative estimate of drug-likeness (QED) is 0.839. The SMILES string of the molecule is COC(=O)c1ccccc1NC(=O)[C@@H]1CCCN(Cc2ccccc2)C1. The molecule has 3 rings (SSSR count). The third-order valence-corrected chi connectivity index (χ3v) is 4.72. The molecule has 5 nitrogen and oxygen atoms in total. The van der Waals surface area contributed by atoms with E-state index in [1.807, 2.05) is 18.2 Å². The number of carbonyl (C=O) groups is 2. The number of anilines is 1. The molecule has 0 aliphatic carbocycles. The molecule has 1 amide bonds. The molecule has 0 unspecified atom stereocenters. The van der Waals surface area contributed by atoms with Gasteiger partial charge in [-0.25, -0.2) is 4.79 Å². The van der Waals surface area contributed by atoms with Crippen molar-refractivity contribution in [1.29, 1.82) is 0 Å². The summed E-state index contributed by atoms with van der Waals surface area (Å²) < 4.78 is 4.79. The first-order chi connectivity index (χ1) is 12.7.